The van der Waals surface area contributed by atoms with Crippen LogP contribution >= 0.6 is 0 Å². The molecule has 0 unspecified atom stereocenters. The van der Waals surface area contributed by atoms with E-state index in [1.54, 1.807) is 19.2 Å². The Labute approximate surface area is 156 Å². The van der Waals surface area contributed by atoms with E-state index in [1.807, 2.05) is 6.07 Å². The van der Waals surface area contributed by atoms with Crippen LogP contribution in [0.2, 0.25) is 0 Å². The summed E-state index contributed by atoms with van der Waals surface area (Å²) in [5.41, 5.74) is 3.65. The van der Waals surface area contributed by atoms with Gasteiger partial charge in [-0.05, 0) is 60.7 Å². The molecule has 0 amide bonds. The van der Waals surface area contributed by atoms with Crippen LogP contribution in [0.5, 0.6) is 11.5 Å². The van der Waals surface area contributed by atoms with E-state index in [4.69, 9.17) is 14.0 Å². The van der Waals surface area contributed by atoms with Crippen molar-refractivity contribution in [2.24, 2.45) is 0 Å². The Morgan fingerprint density at radius 3 is 2.81 bits per heavy atom. The smallest absolute Gasteiger partial charge is 0.246 e. The number of benzene rings is 2. The van der Waals surface area contributed by atoms with Crippen molar-refractivity contribution >= 4 is 5.69 Å². The molecule has 1 heterocycles. The van der Waals surface area contributed by atoms with E-state index in [0.29, 0.717) is 24.0 Å². The number of hydrogen-bond donors (Lipinski definition) is 1. The van der Waals surface area contributed by atoms with E-state index < -0.39 is 0 Å². The second kappa shape index (κ2) is 7.65. The number of halogens is 1. The minimum Gasteiger partial charge on any atom is -0.495 e. The summed E-state index contributed by atoms with van der Waals surface area (Å²) in [6.45, 7) is 0.551. The second-order valence-corrected chi connectivity index (χ2v) is 6.33. The normalized spacial score (nSPS) is 12.7. The van der Waals surface area contributed by atoms with Gasteiger partial charge in [0.15, 0.2) is 6.61 Å². The Morgan fingerprint density at radius 1 is 1.15 bits per heavy atom. The van der Waals surface area contributed by atoms with Gasteiger partial charge in [-0.15, -0.1) is 0 Å². The number of aryl methyl sites for hydroxylation is 1. The van der Waals surface area contributed by atoms with Gasteiger partial charge in [-0.1, -0.05) is 11.2 Å². The van der Waals surface area contributed by atoms with Crippen molar-refractivity contribution in [1.29, 1.82) is 0 Å². The summed E-state index contributed by atoms with van der Waals surface area (Å²) in [5, 5.41) is 7.29. The van der Waals surface area contributed by atoms with Crippen LogP contribution in [0.25, 0.3) is 0 Å². The molecular weight excluding hydrogens is 349 g/mol. The van der Waals surface area contributed by atoms with Gasteiger partial charge in [0.25, 0.3) is 0 Å². The van der Waals surface area contributed by atoms with Crippen molar-refractivity contribution < 1.29 is 18.4 Å². The first-order chi connectivity index (χ1) is 13.2. The van der Waals surface area contributed by atoms with Crippen molar-refractivity contribution in [3.63, 3.8) is 0 Å². The van der Waals surface area contributed by atoms with E-state index in [1.165, 1.54) is 23.3 Å². The molecule has 0 saturated heterocycles. The molecule has 0 aliphatic heterocycles. The third-order valence-corrected chi connectivity index (χ3v) is 4.57. The summed E-state index contributed by atoms with van der Waals surface area (Å²) in [4.78, 5) is 4.33. The zero-order valence-corrected chi connectivity index (χ0v) is 15.0. The SMILES string of the molecule is COc1ccc2c(c1NCc1nc(COc3ccc(F)cc3)no1)CCC2. The maximum atomic E-state index is 12.9. The standard InChI is InChI=1S/C20H20FN3O3/c1-25-17-10-5-13-3-2-4-16(13)20(17)22-11-19-23-18(24-27-19)12-26-15-8-6-14(21)7-9-15/h5-10,22H,2-4,11-12H2,1H3. The highest BCUT2D eigenvalue weighted by atomic mass is 19.1. The topological polar surface area (TPSA) is 69.4 Å². The number of hydrogen-bond acceptors (Lipinski definition) is 6. The van der Waals surface area contributed by atoms with Crippen LogP contribution in [0.1, 0.15) is 29.3 Å². The van der Waals surface area contributed by atoms with Crippen molar-refractivity contribution in [2.75, 3.05) is 12.4 Å². The predicted molar refractivity (Wildman–Crippen MR) is 97.4 cm³/mol. The molecule has 1 aliphatic rings. The second-order valence-electron chi connectivity index (χ2n) is 6.33. The Bertz CT molecular complexity index is 925. The molecule has 1 aromatic heterocycles. The molecule has 0 bridgehead atoms. The van der Waals surface area contributed by atoms with Crippen molar-refractivity contribution in [3.05, 3.63) is 65.1 Å². The highest BCUT2D eigenvalue weighted by Crippen LogP contribution is 2.36. The number of nitrogens with one attached hydrogen (secondary N) is 1. The highest BCUT2D eigenvalue weighted by Gasteiger charge is 2.19. The third kappa shape index (κ3) is 3.86. The lowest BCUT2D eigenvalue weighted by Gasteiger charge is -2.14. The lowest BCUT2D eigenvalue weighted by atomic mass is 10.1. The lowest BCUT2D eigenvalue weighted by molar-refractivity contribution is 0.285. The Balaban J connectivity index is 1.39. The minimum absolute atomic E-state index is 0.152. The summed E-state index contributed by atoms with van der Waals surface area (Å²) < 4.78 is 29.2. The number of nitrogens with zero attached hydrogens (tertiary/aromatic N) is 2. The molecule has 0 atom stereocenters. The molecule has 0 radical (unpaired) electrons. The molecule has 140 valence electrons. The zero-order valence-electron chi connectivity index (χ0n) is 15.0. The number of anilines is 1. The average molecular weight is 369 g/mol. The van der Waals surface area contributed by atoms with Crippen molar-refractivity contribution in [3.8, 4) is 11.5 Å². The van der Waals surface area contributed by atoms with Crippen LogP contribution < -0.4 is 14.8 Å². The Hall–Kier alpha value is -3.09. The van der Waals surface area contributed by atoms with Gasteiger partial charge in [0.1, 0.15) is 17.3 Å². The monoisotopic (exact) mass is 369 g/mol. The van der Waals surface area contributed by atoms with Crippen LogP contribution in [0.15, 0.2) is 40.9 Å². The summed E-state index contributed by atoms with van der Waals surface area (Å²) in [7, 11) is 1.67. The van der Waals surface area contributed by atoms with Crippen LogP contribution in [0.3, 0.4) is 0 Å². The van der Waals surface area contributed by atoms with Crippen molar-refractivity contribution in [1.82, 2.24) is 10.1 Å². The summed E-state index contributed by atoms with van der Waals surface area (Å²) >= 11 is 0. The van der Waals surface area contributed by atoms with Crippen LogP contribution in [-0.2, 0) is 26.0 Å². The number of methoxy groups -OCH3 is 1. The fraction of sp³-hybridized carbons (Fsp3) is 0.300. The van der Waals surface area contributed by atoms with Gasteiger partial charge in [0.05, 0.1) is 19.3 Å². The molecule has 6 nitrogen and oxygen atoms in total. The Kier molecular flexibility index (Phi) is 4.91. The van der Waals surface area contributed by atoms with Gasteiger partial charge >= 0.3 is 0 Å². The molecule has 0 fully saturated rings. The van der Waals surface area contributed by atoms with Crippen LogP contribution in [0, 0.1) is 5.82 Å². The number of rotatable bonds is 7. The number of ether oxygens (including phenoxy) is 2. The highest BCUT2D eigenvalue weighted by molar-refractivity contribution is 5.65. The molecule has 27 heavy (non-hydrogen) atoms. The summed E-state index contributed by atoms with van der Waals surface area (Å²) in [5.74, 6) is 1.95. The molecule has 1 aliphatic carbocycles. The Morgan fingerprint density at radius 2 is 2.00 bits per heavy atom. The largest absolute Gasteiger partial charge is 0.495 e. The van der Waals surface area contributed by atoms with Crippen LogP contribution in [0.4, 0.5) is 10.1 Å². The maximum absolute atomic E-state index is 12.9. The maximum Gasteiger partial charge on any atom is 0.246 e. The molecule has 0 saturated carbocycles. The number of aromatic nitrogens is 2. The van der Waals surface area contributed by atoms with Gasteiger partial charge in [-0.3, -0.25) is 0 Å². The fourth-order valence-electron chi connectivity index (χ4n) is 3.27. The lowest BCUT2D eigenvalue weighted by Crippen LogP contribution is -2.05. The molecule has 7 heteroatoms. The van der Waals surface area contributed by atoms with E-state index in [9.17, 15) is 4.39 Å². The third-order valence-electron chi connectivity index (χ3n) is 4.57. The molecule has 0 spiro atoms. The average Bonchev–Trinajstić information content (AvgIpc) is 3.35. The first kappa shape index (κ1) is 17.3. The predicted octanol–water partition coefficient (Wildman–Crippen LogP) is 3.90. The molecule has 3 aromatic rings. The van der Waals surface area contributed by atoms with E-state index in [2.05, 4.69) is 21.5 Å². The first-order valence-electron chi connectivity index (χ1n) is 8.85. The van der Waals surface area contributed by atoms with Crippen molar-refractivity contribution in [2.45, 2.75) is 32.4 Å². The fourth-order valence-corrected chi connectivity index (χ4v) is 3.27. The molecular formula is C20H20FN3O3. The van der Waals surface area contributed by atoms with Gasteiger partial charge in [-0.2, -0.15) is 4.98 Å². The summed E-state index contributed by atoms with van der Waals surface area (Å²) in [6.07, 6.45) is 3.29. The van der Waals surface area contributed by atoms with Gasteiger partial charge < -0.3 is 19.3 Å². The van der Waals surface area contributed by atoms with E-state index in [-0.39, 0.29) is 12.4 Å². The van der Waals surface area contributed by atoms with Gasteiger partial charge in [0, 0.05) is 0 Å². The number of fused-ring (bicyclic) bond motifs is 1. The zero-order chi connectivity index (χ0) is 18.6. The van der Waals surface area contributed by atoms with Gasteiger partial charge in [0.2, 0.25) is 11.7 Å². The molecule has 4 rings (SSSR count). The molecule has 1 N–H and O–H groups in total. The molecule has 2 aromatic carbocycles. The quantitative estimate of drug-likeness (QED) is 0.681. The minimum atomic E-state index is -0.307. The van der Waals surface area contributed by atoms with E-state index in [0.717, 1.165) is 30.7 Å². The summed E-state index contributed by atoms with van der Waals surface area (Å²) in [6, 6.07) is 9.91. The van der Waals surface area contributed by atoms with E-state index >= 15 is 0 Å². The first-order valence-corrected chi connectivity index (χ1v) is 8.85. The van der Waals surface area contributed by atoms with Gasteiger partial charge in [-0.25, -0.2) is 4.39 Å². The van der Waals surface area contributed by atoms with Crippen LogP contribution in [-0.4, -0.2) is 17.3 Å².